The van der Waals surface area contributed by atoms with Crippen molar-refractivity contribution in [1.82, 2.24) is 15.5 Å². The summed E-state index contributed by atoms with van der Waals surface area (Å²) in [5.41, 5.74) is 1.29. The number of para-hydroxylation sites is 1. The molecule has 1 aliphatic heterocycles. The van der Waals surface area contributed by atoms with Crippen molar-refractivity contribution in [3.8, 4) is 5.75 Å². The first-order valence-electron chi connectivity index (χ1n) is 9.93. The molecule has 1 aromatic rings. The highest BCUT2D eigenvalue weighted by molar-refractivity contribution is 14.0. The van der Waals surface area contributed by atoms with Crippen LogP contribution < -0.4 is 15.4 Å². The number of nitrogens with one attached hydrogen (secondary N) is 2. The van der Waals surface area contributed by atoms with Crippen molar-refractivity contribution in [3.63, 3.8) is 0 Å². The molecule has 0 spiro atoms. The van der Waals surface area contributed by atoms with Crippen molar-refractivity contribution >= 4 is 29.9 Å². The molecule has 0 amide bonds. The highest BCUT2D eigenvalue weighted by Gasteiger charge is 2.28. The molecule has 2 rings (SSSR count). The first-order valence-corrected chi connectivity index (χ1v) is 9.93. The Hall–Kier alpha value is -1.06. The van der Waals surface area contributed by atoms with Crippen molar-refractivity contribution in [2.75, 3.05) is 53.0 Å². The van der Waals surface area contributed by atoms with Gasteiger partial charge in [-0.1, -0.05) is 32.0 Å². The van der Waals surface area contributed by atoms with Crippen LogP contribution in [0.1, 0.15) is 39.2 Å². The minimum Gasteiger partial charge on any atom is -0.491 e. The zero-order chi connectivity index (χ0) is 19.7. The molecule has 0 unspecified atom stereocenters. The van der Waals surface area contributed by atoms with E-state index in [1.807, 2.05) is 12.1 Å². The smallest absolute Gasteiger partial charge is 0.191 e. The van der Waals surface area contributed by atoms with Crippen LogP contribution in [0.4, 0.5) is 0 Å². The molecule has 1 aromatic carbocycles. The Morgan fingerprint density at radius 1 is 1.21 bits per heavy atom. The zero-order valence-electron chi connectivity index (χ0n) is 18.0. The Bertz CT molecular complexity index is 602. The van der Waals surface area contributed by atoms with E-state index in [2.05, 4.69) is 60.4 Å². The van der Waals surface area contributed by atoms with E-state index in [4.69, 9.17) is 9.47 Å². The average molecular weight is 504 g/mol. The minimum absolute atomic E-state index is 0. The first kappa shape index (κ1) is 25.0. The van der Waals surface area contributed by atoms with E-state index in [1.165, 1.54) is 5.56 Å². The van der Waals surface area contributed by atoms with Gasteiger partial charge in [-0.25, -0.2) is 0 Å². The number of rotatable bonds is 8. The Morgan fingerprint density at radius 3 is 2.54 bits per heavy atom. The van der Waals surface area contributed by atoms with Crippen LogP contribution >= 0.6 is 24.0 Å². The second kappa shape index (κ2) is 12.5. The topological polar surface area (TPSA) is 58.1 Å². The second-order valence-electron chi connectivity index (χ2n) is 7.81. The Labute approximate surface area is 187 Å². The number of hydrogen-bond acceptors (Lipinski definition) is 4. The third-order valence-corrected chi connectivity index (χ3v) is 4.97. The van der Waals surface area contributed by atoms with Gasteiger partial charge in [-0.05, 0) is 31.4 Å². The van der Waals surface area contributed by atoms with Crippen molar-refractivity contribution in [2.24, 2.45) is 4.99 Å². The SMILES string of the molecule is CN=C(NCCOc1ccccc1C(C)C)NCC(C)(C)N1CCOCC1.I. The van der Waals surface area contributed by atoms with Gasteiger partial charge >= 0.3 is 0 Å². The number of nitrogens with zero attached hydrogens (tertiary/aromatic N) is 2. The summed E-state index contributed by atoms with van der Waals surface area (Å²) >= 11 is 0. The number of morpholine rings is 1. The summed E-state index contributed by atoms with van der Waals surface area (Å²) in [6, 6.07) is 8.24. The van der Waals surface area contributed by atoms with E-state index >= 15 is 0 Å². The van der Waals surface area contributed by atoms with Gasteiger partial charge in [0.1, 0.15) is 12.4 Å². The van der Waals surface area contributed by atoms with Crippen molar-refractivity contribution in [3.05, 3.63) is 29.8 Å². The number of benzene rings is 1. The summed E-state index contributed by atoms with van der Waals surface area (Å²) in [6.45, 7) is 14.6. The quantitative estimate of drug-likeness (QED) is 0.247. The van der Waals surface area contributed by atoms with Crippen LogP contribution in [0, 0.1) is 0 Å². The number of aliphatic imine (C=N–C) groups is 1. The summed E-state index contributed by atoms with van der Waals surface area (Å²) < 4.78 is 11.4. The first-order chi connectivity index (χ1) is 12.9. The fraction of sp³-hybridized carbons (Fsp3) is 0.667. The van der Waals surface area contributed by atoms with Crippen LogP contribution in [0.2, 0.25) is 0 Å². The van der Waals surface area contributed by atoms with Crippen LogP contribution in [0.5, 0.6) is 5.75 Å². The lowest BCUT2D eigenvalue weighted by Crippen LogP contribution is -2.56. The summed E-state index contributed by atoms with van der Waals surface area (Å²) in [4.78, 5) is 6.78. The molecular formula is C21H37IN4O2. The summed E-state index contributed by atoms with van der Waals surface area (Å²) in [7, 11) is 1.80. The molecule has 1 heterocycles. The van der Waals surface area contributed by atoms with E-state index in [1.54, 1.807) is 7.05 Å². The monoisotopic (exact) mass is 504 g/mol. The fourth-order valence-corrected chi connectivity index (χ4v) is 3.22. The van der Waals surface area contributed by atoms with E-state index < -0.39 is 0 Å². The van der Waals surface area contributed by atoms with E-state index in [0.717, 1.165) is 44.6 Å². The maximum absolute atomic E-state index is 5.97. The van der Waals surface area contributed by atoms with Gasteiger partial charge in [-0.15, -0.1) is 24.0 Å². The van der Waals surface area contributed by atoms with Gasteiger partial charge in [-0.2, -0.15) is 0 Å². The maximum Gasteiger partial charge on any atom is 0.191 e. The molecule has 7 heteroatoms. The molecule has 6 nitrogen and oxygen atoms in total. The van der Waals surface area contributed by atoms with Gasteiger partial charge in [0.2, 0.25) is 0 Å². The molecular weight excluding hydrogens is 467 g/mol. The summed E-state index contributed by atoms with van der Waals surface area (Å²) in [6.07, 6.45) is 0. The van der Waals surface area contributed by atoms with Gasteiger partial charge in [0.15, 0.2) is 5.96 Å². The van der Waals surface area contributed by atoms with E-state index in [0.29, 0.717) is 19.1 Å². The Balaban J connectivity index is 0.00000392. The number of halogens is 1. The predicted molar refractivity (Wildman–Crippen MR) is 127 cm³/mol. The van der Waals surface area contributed by atoms with Crippen LogP contribution in [-0.2, 0) is 4.74 Å². The highest BCUT2D eigenvalue weighted by Crippen LogP contribution is 2.25. The standard InChI is InChI=1S/C21H36N4O2.HI/c1-17(2)18-8-6-7-9-19(18)27-13-10-23-20(22-5)24-16-21(3,4)25-11-14-26-15-12-25;/h6-9,17H,10-16H2,1-5H3,(H2,22,23,24);1H. The van der Waals surface area contributed by atoms with Gasteiger partial charge in [0.05, 0.1) is 19.8 Å². The Kier molecular flexibility index (Phi) is 11.1. The third kappa shape index (κ3) is 7.75. The molecule has 0 radical (unpaired) electrons. The molecule has 1 fully saturated rings. The molecule has 0 aromatic heterocycles. The fourth-order valence-electron chi connectivity index (χ4n) is 3.22. The number of hydrogen-bond donors (Lipinski definition) is 2. The van der Waals surface area contributed by atoms with Gasteiger partial charge in [0, 0.05) is 32.2 Å². The molecule has 1 aliphatic rings. The van der Waals surface area contributed by atoms with Crippen molar-refractivity contribution < 1.29 is 9.47 Å². The van der Waals surface area contributed by atoms with Crippen LogP contribution in [-0.4, -0.2) is 69.4 Å². The molecule has 0 aliphatic carbocycles. The second-order valence-corrected chi connectivity index (χ2v) is 7.81. The van der Waals surface area contributed by atoms with Crippen LogP contribution in [0.15, 0.2) is 29.3 Å². The van der Waals surface area contributed by atoms with Gasteiger partial charge < -0.3 is 20.1 Å². The third-order valence-electron chi connectivity index (χ3n) is 4.97. The van der Waals surface area contributed by atoms with Crippen LogP contribution in [0.25, 0.3) is 0 Å². The average Bonchev–Trinajstić information content (AvgIpc) is 2.68. The van der Waals surface area contributed by atoms with Crippen molar-refractivity contribution in [1.29, 1.82) is 0 Å². The van der Waals surface area contributed by atoms with Gasteiger partial charge in [0.25, 0.3) is 0 Å². The summed E-state index contributed by atoms with van der Waals surface area (Å²) in [5, 5.41) is 6.77. The maximum atomic E-state index is 5.97. The zero-order valence-corrected chi connectivity index (χ0v) is 20.3. The largest absolute Gasteiger partial charge is 0.491 e. The lowest BCUT2D eigenvalue weighted by atomic mass is 10.0. The molecule has 0 atom stereocenters. The predicted octanol–water partition coefficient (Wildman–Crippen LogP) is 3.08. The normalized spacial score (nSPS) is 15.9. The molecule has 0 saturated carbocycles. The molecule has 28 heavy (non-hydrogen) atoms. The molecule has 160 valence electrons. The van der Waals surface area contributed by atoms with Crippen LogP contribution in [0.3, 0.4) is 0 Å². The van der Waals surface area contributed by atoms with E-state index in [9.17, 15) is 0 Å². The summed E-state index contributed by atoms with van der Waals surface area (Å²) in [5.74, 6) is 2.22. The Morgan fingerprint density at radius 2 is 1.89 bits per heavy atom. The minimum atomic E-state index is 0. The molecule has 2 N–H and O–H groups in total. The number of ether oxygens (including phenoxy) is 2. The highest BCUT2D eigenvalue weighted by atomic mass is 127. The lowest BCUT2D eigenvalue weighted by molar-refractivity contribution is -0.00834. The number of guanidine groups is 1. The molecule has 1 saturated heterocycles. The van der Waals surface area contributed by atoms with E-state index in [-0.39, 0.29) is 29.5 Å². The van der Waals surface area contributed by atoms with Crippen molar-refractivity contribution in [2.45, 2.75) is 39.2 Å². The molecule has 0 bridgehead atoms. The van der Waals surface area contributed by atoms with Gasteiger partial charge in [-0.3, -0.25) is 9.89 Å². The lowest BCUT2D eigenvalue weighted by Gasteiger charge is -2.41.